The lowest BCUT2D eigenvalue weighted by Gasteiger charge is -2.08. The van der Waals surface area contributed by atoms with Crippen LogP contribution in [0.3, 0.4) is 0 Å². The summed E-state index contributed by atoms with van der Waals surface area (Å²) >= 11 is 0. The molecule has 0 aliphatic rings. The van der Waals surface area contributed by atoms with Gasteiger partial charge >= 0.3 is 11.9 Å². The van der Waals surface area contributed by atoms with Gasteiger partial charge in [-0.05, 0) is 12.1 Å². The summed E-state index contributed by atoms with van der Waals surface area (Å²) in [5.74, 6) is -1.24. The highest BCUT2D eigenvalue weighted by atomic mass is 16.6. The largest absolute Gasteiger partial charge is 0.481 e. The summed E-state index contributed by atoms with van der Waals surface area (Å²) in [6.07, 6.45) is -0.00386. The second-order valence-corrected chi connectivity index (χ2v) is 6.32. The number of carbonyl (C=O) groups is 2. The molecule has 182 valence electrons. The number of carbonyl (C=O) groups excluding carboxylic acids is 1. The molecule has 10 heteroatoms. The Bertz CT molecular complexity index is 581. The van der Waals surface area contributed by atoms with Crippen molar-refractivity contribution in [3.05, 3.63) is 35.9 Å². The van der Waals surface area contributed by atoms with E-state index < -0.39 is 5.97 Å². The SMILES string of the molecule is O=C(O)CCOCCOCCOCCOCCOCCOCCOC(=O)c1ccccc1. The Hall–Kier alpha value is -2.08. The predicted molar refractivity (Wildman–Crippen MR) is 114 cm³/mol. The lowest BCUT2D eigenvalue weighted by molar-refractivity contribution is -0.138. The molecule has 0 unspecified atom stereocenters. The first-order valence-corrected chi connectivity index (χ1v) is 10.6. The summed E-state index contributed by atoms with van der Waals surface area (Å²) in [7, 11) is 0. The molecule has 0 radical (unpaired) electrons. The van der Waals surface area contributed by atoms with Gasteiger partial charge < -0.3 is 38.3 Å². The van der Waals surface area contributed by atoms with Crippen LogP contribution in [0.2, 0.25) is 0 Å². The molecule has 32 heavy (non-hydrogen) atoms. The molecule has 0 saturated carbocycles. The van der Waals surface area contributed by atoms with E-state index in [4.69, 9.17) is 38.3 Å². The molecule has 10 nitrogen and oxygen atoms in total. The molecule has 0 fully saturated rings. The van der Waals surface area contributed by atoms with E-state index in [1.807, 2.05) is 6.07 Å². The molecule has 0 heterocycles. The van der Waals surface area contributed by atoms with Crippen LogP contribution in [0.5, 0.6) is 0 Å². The average Bonchev–Trinajstić information content (AvgIpc) is 2.80. The van der Waals surface area contributed by atoms with Crippen molar-refractivity contribution in [2.75, 3.05) is 85.9 Å². The van der Waals surface area contributed by atoms with Crippen LogP contribution in [-0.2, 0) is 38.0 Å². The van der Waals surface area contributed by atoms with Crippen molar-refractivity contribution in [2.45, 2.75) is 6.42 Å². The summed E-state index contributed by atoms with van der Waals surface area (Å²) < 4.78 is 36.9. The minimum Gasteiger partial charge on any atom is -0.481 e. The molecular formula is C22H34O10. The number of ether oxygens (including phenoxy) is 7. The molecule has 0 spiro atoms. The van der Waals surface area contributed by atoms with Crippen LogP contribution in [0.15, 0.2) is 30.3 Å². The zero-order valence-corrected chi connectivity index (χ0v) is 18.4. The lowest BCUT2D eigenvalue weighted by atomic mass is 10.2. The normalized spacial score (nSPS) is 10.9. The Morgan fingerprint density at radius 2 is 0.938 bits per heavy atom. The van der Waals surface area contributed by atoms with Crippen molar-refractivity contribution in [2.24, 2.45) is 0 Å². The molecule has 0 aromatic heterocycles. The predicted octanol–water partition coefficient (Wildman–Crippen LogP) is 1.42. The minimum atomic E-state index is -0.877. The molecule has 0 atom stereocenters. The number of rotatable bonds is 22. The summed E-state index contributed by atoms with van der Waals surface area (Å²) in [5, 5.41) is 8.45. The maximum absolute atomic E-state index is 11.7. The van der Waals surface area contributed by atoms with Gasteiger partial charge in [0, 0.05) is 0 Å². The number of hydrogen-bond donors (Lipinski definition) is 1. The first-order valence-electron chi connectivity index (χ1n) is 10.6. The Morgan fingerprint density at radius 3 is 1.34 bits per heavy atom. The standard InChI is InChI=1S/C22H34O10/c23-21(24)6-7-26-8-9-27-10-11-28-12-13-29-14-15-30-16-17-31-18-19-32-22(25)20-4-2-1-3-5-20/h1-5H,6-19H2,(H,23,24). The zero-order chi connectivity index (χ0) is 23.1. The van der Waals surface area contributed by atoms with E-state index >= 15 is 0 Å². The summed E-state index contributed by atoms with van der Waals surface area (Å²) in [4.78, 5) is 22.0. The Kier molecular flexibility index (Phi) is 18.2. The minimum absolute atomic E-state index is 0.00386. The van der Waals surface area contributed by atoms with Gasteiger partial charge in [-0.1, -0.05) is 18.2 Å². The Morgan fingerprint density at radius 1 is 0.562 bits per heavy atom. The smallest absolute Gasteiger partial charge is 0.338 e. The average molecular weight is 459 g/mol. The van der Waals surface area contributed by atoms with Crippen LogP contribution in [0, 0.1) is 0 Å². The highest BCUT2D eigenvalue weighted by Gasteiger charge is 2.05. The molecule has 0 bridgehead atoms. The van der Waals surface area contributed by atoms with Gasteiger partial charge in [0.2, 0.25) is 0 Å². The van der Waals surface area contributed by atoms with E-state index in [9.17, 15) is 9.59 Å². The van der Waals surface area contributed by atoms with Crippen molar-refractivity contribution >= 4 is 11.9 Å². The second kappa shape index (κ2) is 20.8. The number of carboxylic acids is 1. The second-order valence-electron chi connectivity index (χ2n) is 6.32. The van der Waals surface area contributed by atoms with Crippen LogP contribution in [0.1, 0.15) is 16.8 Å². The van der Waals surface area contributed by atoms with Crippen molar-refractivity contribution in [1.29, 1.82) is 0 Å². The summed E-state index contributed by atoms with van der Waals surface area (Å²) in [5.41, 5.74) is 0.520. The van der Waals surface area contributed by atoms with Gasteiger partial charge in [-0.15, -0.1) is 0 Å². The molecule has 1 aromatic carbocycles. The van der Waals surface area contributed by atoms with E-state index in [0.717, 1.165) is 0 Å². The Balaban J connectivity index is 1.71. The van der Waals surface area contributed by atoms with E-state index in [0.29, 0.717) is 78.2 Å². The third kappa shape index (κ3) is 17.6. The fourth-order valence-electron chi connectivity index (χ4n) is 2.21. The van der Waals surface area contributed by atoms with Crippen molar-refractivity contribution < 1.29 is 47.9 Å². The fraction of sp³-hybridized carbons (Fsp3) is 0.636. The monoisotopic (exact) mass is 458 g/mol. The fourth-order valence-corrected chi connectivity index (χ4v) is 2.21. The Labute approximate surface area is 188 Å². The maximum atomic E-state index is 11.7. The number of hydrogen-bond acceptors (Lipinski definition) is 9. The molecule has 1 N–H and O–H groups in total. The van der Waals surface area contributed by atoms with Crippen molar-refractivity contribution in [1.82, 2.24) is 0 Å². The summed E-state index contributed by atoms with van der Waals surface area (Å²) in [6, 6.07) is 8.81. The van der Waals surface area contributed by atoms with E-state index in [1.54, 1.807) is 24.3 Å². The van der Waals surface area contributed by atoms with Crippen molar-refractivity contribution in [3.63, 3.8) is 0 Å². The maximum Gasteiger partial charge on any atom is 0.338 e. The van der Waals surface area contributed by atoms with Gasteiger partial charge in [-0.2, -0.15) is 0 Å². The molecule has 1 rings (SSSR count). The highest BCUT2D eigenvalue weighted by molar-refractivity contribution is 5.89. The van der Waals surface area contributed by atoms with Gasteiger partial charge in [-0.3, -0.25) is 4.79 Å². The van der Waals surface area contributed by atoms with Gasteiger partial charge in [0.05, 0.1) is 91.3 Å². The van der Waals surface area contributed by atoms with Gasteiger partial charge in [0.25, 0.3) is 0 Å². The topological polar surface area (TPSA) is 119 Å². The summed E-state index contributed by atoms with van der Waals surface area (Å²) in [6.45, 7) is 5.05. The molecule has 0 saturated heterocycles. The number of esters is 1. The third-order valence-electron chi connectivity index (χ3n) is 3.79. The van der Waals surface area contributed by atoms with E-state index in [-0.39, 0.29) is 25.6 Å². The number of carboxylic acid groups (broad SMARTS) is 1. The number of aliphatic carboxylic acids is 1. The molecule has 0 amide bonds. The van der Waals surface area contributed by atoms with Gasteiger partial charge in [0.1, 0.15) is 6.61 Å². The molecule has 0 aliphatic heterocycles. The molecular weight excluding hydrogens is 424 g/mol. The van der Waals surface area contributed by atoms with Crippen LogP contribution < -0.4 is 0 Å². The van der Waals surface area contributed by atoms with E-state index in [2.05, 4.69) is 0 Å². The van der Waals surface area contributed by atoms with Crippen LogP contribution in [0.25, 0.3) is 0 Å². The molecule has 0 aliphatic carbocycles. The van der Waals surface area contributed by atoms with Crippen molar-refractivity contribution in [3.8, 4) is 0 Å². The lowest BCUT2D eigenvalue weighted by Crippen LogP contribution is -2.15. The number of benzene rings is 1. The third-order valence-corrected chi connectivity index (χ3v) is 3.79. The van der Waals surface area contributed by atoms with E-state index in [1.165, 1.54) is 0 Å². The van der Waals surface area contributed by atoms with Gasteiger partial charge in [-0.25, -0.2) is 4.79 Å². The van der Waals surface area contributed by atoms with Gasteiger partial charge in [0.15, 0.2) is 0 Å². The first-order chi connectivity index (χ1) is 15.7. The van der Waals surface area contributed by atoms with Crippen LogP contribution in [-0.4, -0.2) is 103 Å². The highest BCUT2D eigenvalue weighted by Crippen LogP contribution is 2.00. The van der Waals surface area contributed by atoms with Crippen LogP contribution in [0.4, 0.5) is 0 Å². The first kappa shape index (κ1) is 28.0. The molecule has 1 aromatic rings. The van der Waals surface area contributed by atoms with Crippen LogP contribution >= 0.6 is 0 Å². The quantitative estimate of drug-likeness (QED) is 0.202. The zero-order valence-electron chi connectivity index (χ0n) is 18.4.